The highest BCUT2D eigenvalue weighted by molar-refractivity contribution is 5.96. The van der Waals surface area contributed by atoms with Gasteiger partial charge in [0.2, 0.25) is 5.91 Å². The Morgan fingerprint density at radius 3 is 2.30 bits per heavy atom. The molecule has 3 aromatic rings. The summed E-state index contributed by atoms with van der Waals surface area (Å²) in [6.07, 6.45) is 0.821. The minimum absolute atomic E-state index is 0.0859. The molecule has 33 heavy (non-hydrogen) atoms. The minimum Gasteiger partial charge on any atom is -0.493 e. The average molecular weight is 447 g/mol. The Balaban J connectivity index is 1.64. The van der Waals surface area contributed by atoms with Crippen molar-refractivity contribution >= 4 is 11.6 Å². The van der Waals surface area contributed by atoms with Crippen LogP contribution in [-0.4, -0.2) is 38.2 Å². The van der Waals surface area contributed by atoms with Gasteiger partial charge in [-0.1, -0.05) is 42.5 Å². The summed E-state index contributed by atoms with van der Waals surface area (Å²) in [6, 6.07) is 21.1. The van der Waals surface area contributed by atoms with Gasteiger partial charge in [0.15, 0.2) is 11.5 Å². The molecule has 172 valence electrons. The van der Waals surface area contributed by atoms with Crippen LogP contribution in [0.25, 0.3) is 0 Å². The molecule has 1 N–H and O–H groups in total. The molecular formula is C27H30N2O4. The van der Waals surface area contributed by atoms with Crippen LogP contribution in [0.5, 0.6) is 17.2 Å². The number of nitrogens with zero attached hydrogens (tertiary/aromatic N) is 1. The number of benzene rings is 3. The molecule has 0 fully saturated rings. The molecule has 0 radical (unpaired) electrons. The third kappa shape index (κ3) is 4.96. The van der Waals surface area contributed by atoms with E-state index in [1.165, 1.54) is 5.56 Å². The van der Waals surface area contributed by atoms with Crippen LogP contribution in [-0.2, 0) is 17.8 Å². The lowest BCUT2D eigenvalue weighted by atomic mass is 9.95. The number of hydrogen-bond donors (Lipinski definition) is 1. The van der Waals surface area contributed by atoms with Crippen LogP contribution in [0.1, 0.15) is 29.7 Å². The first-order chi connectivity index (χ1) is 16.1. The summed E-state index contributed by atoms with van der Waals surface area (Å²) in [5, 5.41) is 3.11. The van der Waals surface area contributed by atoms with Crippen LogP contribution < -0.4 is 19.5 Å². The Morgan fingerprint density at radius 2 is 1.61 bits per heavy atom. The molecule has 1 heterocycles. The summed E-state index contributed by atoms with van der Waals surface area (Å²) in [6.45, 7) is 3.85. The van der Waals surface area contributed by atoms with Crippen LogP contribution in [0.4, 0.5) is 5.69 Å². The van der Waals surface area contributed by atoms with Crippen molar-refractivity contribution in [3.05, 3.63) is 83.4 Å². The van der Waals surface area contributed by atoms with E-state index in [9.17, 15) is 4.79 Å². The topological polar surface area (TPSA) is 60.0 Å². The number of rotatable bonds is 8. The maximum atomic E-state index is 13.7. The molecular weight excluding hydrogens is 416 g/mol. The van der Waals surface area contributed by atoms with Gasteiger partial charge < -0.3 is 19.5 Å². The lowest BCUT2D eigenvalue weighted by Crippen LogP contribution is -2.40. The lowest BCUT2D eigenvalue weighted by molar-refractivity contribution is -0.122. The van der Waals surface area contributed by atoms with E-state index in [0.29, 0.717) is 30.3 Å². The van der Waals surface area contributed by atoms with Gasteiger partial charge in [-0.3, -0.25) is 9.69 Å². The molecule has 0 spiro atoms. The van der Waals surface area contributed by atoms with E-state index in [4.69, 9.17) is 14.2 Å². The predicted octanol–water partition coefficient (Wildman–Crippen LogP) is 4.84. The predicted molar refractivity (Wildman–Crippen MR) is 129 cm³/mol. The third-order valence-corrected chi connectivity index (χ3v) is 5.92. The fourth-order valence-electron chi connectivity index (χ4n) is 4.34. The number of hydrogen-bond acceptors (Lipinski definition) is 5. The zero-order valence-corrected chi connectivity index (χ0v) is 19.3. The molecule has 0 bridgehead atoms. The summed E-state index contributed by atoms with van der Waals surface area (Å²) < 4.78 is 16.7. The minimum atomic E-state index is -0.442. The van der Waals surface area contributed by atoms with E-state index in [2.05, 4.69) is 10.2 Å². The van der Waals surface area contributed by atoms with Crippen molar-refractivity contribution < 1.29 is 19.0 Å². The fraction of sp³-hybridized carbons (Fsp3) is 0.296. The van der Waals surface area contributed by atoms with Gasteiger partial charge >= 0.3 is 0 Å². The Labute approximate surface area is 195 Å². The van der Waals surface area contributed by atoms with Crippen LogP contribution in [0.15, 0.2) is 66.7 Å². The van der Waals surface area contributed by atoms with Gasteiger partial charge in [0.1, 0.15) is 11.8 Å². The van der Waals surface area contributed by atoms with Gasteiger partial charge in [0, 0.05) is 13.1 Å². The maximum Gasteiger partial charge on any atom is 0.246 e. The fourth-order valence-corrected chi connectivity index (χ4v) is 4.34. The van der Waals surface area contributed by atoms with Crippen molar-refractivity contribution in [2.75, 3.05) is 32.7 Å². The summed E-state index contributed by atoms with van der Waals surface area (Å²) in [4.78, 5) is 15.9. The Morgan fingerprint density at radius 1 is 0.939 bits per heavy atom. The highest BCUT2D eigenvalue weighted by Gasteiger charge is 2.31. The smallest absolute Gasteiger partial charge is 0.246 e. The number of carbonyl (C=O) groups is 1. The summed E-state index contributed by atoms with van der Waals surface area (Å²) >= 11 is 0. The summed E-state index contributed by atoms with van der Waals surface area (Å²) in [7, 11) is 3.29. The first-order valence-corrected chi connectivity index (χ1v) is 11.2. The van der Waals surface area contributed by atoms with Gasteiger partial charge in [0.05, 0.1) is 26.5 Å². The molecule has 0 aromatic heterocycles. The number of fused-ring (bicyclic) bond motifs is 1. The Bertz CT molecular complexity index is 1100. The van der Waals surface area contributed by atoms with E-state index in [-0.39, 0.29) is 5.91 Å². The standard InChI is InChI=1S/C27H30N2O4/c1-4-33-23-13-9-8-12-22(23)28-27(30)26(19-10-6-5-7-11-19)29-15-14-20-16-24(31-2)25(32-3)17-21(20)18-29/h5-13,16-17,26H,4,14-15,18H2,1-3H3,(H,28,30). The quantitative estimate of drug-likeness (QED) is 0.537. The van der Waals surface area contributed by atoms with Crippen molar-refractivity contribution in [1.29, 1.82) is 0 Å². The van der Waals surface area contributed by atoms with Crippen LogP contribution in [0.2, 0.25) is 0 Å². The first-order valence-electron chi connectivity index (χ1n) is 11.2. The molecule has 1 aliphatic heterocycles. The number of nitrogens with one attached hydrogen (secondary N) is 1. The normalized spacial score (nSPS) is 14.2. The number of carbonyl (C=O) groups excluding carboxylic acids is 1. The van der Waals surface area contributed by atoms with E-state index in [0.717, 1.165) is 29.8 Å². The van der Waals surface area contributed by atoms with E-state index >= 15 is 0 Å². The van der Waals surface area contributed by atoms with Gasteiger partial charge in [-0.25, -0.2) is 0 Å². The SMILES string of the molecule is CCOc1ccccc1NC(=O)C(c1ccccc1)N1CCc2cc(OC)c(OC)cc2C1. The first kappa shape index (κ1) is 22.7. The molecule has 1 aliphatic rings. The van der Waals surface area contributed by atoms with Crippen LogP contribution >= 0.6 is 0 Å². The van der Waals surface area contributed by atoms with Crippen LogP contribution in [0.3, 0.4) is 0 Å². The molecule has 6 nitrogen and oxygen atoms in total. The molecule has 0 saturated carbocycles. The van der Waals surface area contributed by atoms with Gasteiger partial charge in [-0.15, -0.1) is 0 Å². The molecule has 0 aliphatic carbocycles. The average Bonchev–Trinajstić information content (AvgIpc) is 2.85. The number of anilines is 1. The second-order valence-electron chi connectivity index (χ2n) is 7.93. The zero-order chi connectivity index (χ0) is 23.2. The van der Waals surface area contributed by atoms with Crippen LogP contribution in [0, 0.1) is 0 Å². The van der Waals surface area contributed by atoms with E-state index in [1.54, 1.807) is 14.2 Å². The molecule has 1 atom stereocenters. The maximum absolute atomic E-state index is 13.7. The second-order valence-corrected chi connectivity index (χ2v) is 7.93. The molecule has 1 amide bonds. The van der Waals surface area contributed by atoms with Gasteiger partial charge in [0.25, 0.3) is 0 Å². The van der Waals surface area contributed by atoms with Gasteiger partial charge in [-0.2, -0.15) is 0 Å². The highest BCUT2D eigenvalue weighted by atomic mass is 16.5. The highest BCUT2D eigenvalue weighted by Crippen LogP contribution is 2.36. The third-order valence-electron chi connectivity index (χ3n) is 5.92. The molecule has 4 rings (SSSR count). The van der Waals surface area contributed by atoms with E-state index in [1.807, 2.05) is 73.7 Å². The van der Waals surface area contributed by atoms with Gasteiger partial charge in [-0.05, 0) is 54.3 Å². The zero-order valence-electron chi connectivity index (χ0n) is 19.3. The monoisotopic (exact) mass is 446 g/mol. The number of amides is 1. The molecule has 0 saturated heterocycles. The second kappa shape index (κ2) is 10.4. The van der Waals surface area contributed by atoms with Crippen molar-refractivity contribution in [3.63, 3.8) is 0 Å². The van der Waals surface area contributed by atoms with Crippen molar-refractivity contribution in [1.82, 2.24) is 4.90 Å². The summed E-state index contributed by atoms with van der Waals surface area (Å²) in [5.41, 5.74) is 3.99. The molecule has 3 aromatic carbocycles. The molecule has 1 unspecified atom stereocenters. The summed E-state index contributed by atoms with van der Waals surface area (Å²) in [5.74, 6) is 2.01. The molecule has 6 heteroatoms. The number of para-hydroxylation sites is 2. The Hall–Kier alpha value is -3.51. The Kier molecular flexibility index (Phi) is 7.15. The largest absolute Gasteiger partial charge is 0.493 e. The number of ether oxygens (including phenoxy) is 3. The van der Waals surface area contributed by atoms with Crippen molar-refractivity contribution in [3.8, 4) is 17.2 Å². The van der Waals surface area contributed by atoms with E-state index < -0.39 is 6.04 Å². The number of methoxy groups -OCH3 is 2. The van der Waals surface area contributed by atoms with Crippen molar-refractivity contribution in [2.45, 2.75) is 25.9 Å². The lowest BCUT2D eigenvalue weighted by Gasteiger charge is -2.35. The van der Waals surface area contributed by atoms with Crippen molar-refractivity contribution in [2.24, 2.45) is 0 Å².